The third kappa shape index (κ3) is 7.59. The van der Waals surface area contributed by atoms with E-state index in [1.54, 1.807) is 0 Å². The van der Waals surface area contributed by atoms with Crippen molar-refractivity contribution < 1.29 is 14.2 Å². The van der Waals surface area contributed by atoms with E-state index in [4.69, 9.17) is 19.9 Å². The molecular formula is C28H44N2O3. The molecule has 0 amide bonds. The Kier molecular flexibility index (Phi) is 9.02. The number of nitrogens with zero attached hydrogens (tertiary/aromatic N) is 1. The van der Waals surface area contributed by atoms with Crippen molar-refractivity contribution in [2.45, 2.75) is 102 Å². The van der Waals surface area contributed by atoms with E-state index >= 15 is 0 Å². The molecule has 1 saturated heterocycles. The summed E-state index contributed by atoms with van der Waals surface area (Å²) < 4.78 is 18.8. The second-order valence-electron chi connectivity index (χ2n) is 10.7. The first-order chi connectivity index (χ1) is 15.7. The van der Waals surface area contributed by atoms with E-state index < -0.39 is 0 Å². The van der Waals surface area contributed by atoms with E-state index in [2.05, 4.69) is 42.3 Å². The molecule has 0 spiro atoms. The maximum absolute atomic E-state index is 6.93. The third-order valence-electron chi connectivity index (χ3n) is 6.79. The zero-order chi connectivity index (χ0) is 23.9. The number of hydrogen-bond acceptors (Lipinski definition) is 5. The Morgan fingerprint density at radius 2 is 1.76 bits per heavy atom. The monoisotopic (exact) mass is 456 g/mol. The summed E-state index contributed by atoms with van der Waals surface area (Å²) in [6.07, 6.45) is 9.30. The summed E-state index contributed by atoms with van der Waals surface area (Å²) in [7, 11) is 0. The van der Waals surface area contributed by atoms with Crippen LogP contribution in [0.25, 0.3) is 0 Å². The van der Waals surface area contributed by atoms with Crippen LogP contribution in [0.4, 0.5) is 0 Å². The summed E-state index contributed by atoms with van der Waals surface area (Å²) in [4.78, 5) is 2.23. The number of piperidine rings is 1. The molecular weight excluding hydrogens is 412 g/mol. The van der Waals surface area contributed by atoms with Gasteiger partial charge in [-0.1, -0.05) is 36.4 Å². The van der Waals surface area contributed by atoms with Crippen molar-refractivity contribution in [3.05, 3.63) is 61.0 Å². The summed E-state index contributed by atoms with van der Waals surface area (Å²) in [5.41, 5.74) is 7.47. The van der Waals surface area contributed by atoms with Crippen LogP contribution in [0, 0.1) is 0 Å². The minimum Gasteiger partial charge on any atom is -0.474 e. The minimum atomic E-state index is -0.389. The molecule has 0 aromatic heterocycles. The molecule has 1 saturated carbocycles. The number of benzene rings is 1. The molecule has 1 aromatic carbocycles. The summed E-state index contributed by atoms with van der Waals surface area (Å²) in [5, 5.41) is 0. The Balaban J connectivity index is 1.54. The molecule has 1 aliphatic heterocycles. The number of nitrogens with two attached hydrogens (primary N) is 1. The van der Waals surface area contributed by atoms with Gasteiger partial charge in [0.2, 0.25) is 0 Å². The standard InChI is InChI=1S/C28H44N2O3/c1-6-17-28(29)18-10-19-30(22(2)33-27(3,4)5)26(28)21-32-25-15-13-24(14-16-25)31-20-23-11-8-7-9-12-23/h6-9,11-12,24-26H,1-2,10,13-21,29H2,3-5H3. The van der Waals surface area contributed by atoms with Crippen molar-refractivity contribution in [2.75, 3.05) is 13.2 Å². The SMILES string of the molecule is C=CCC1(N)CCCN(C(=C)OC(C)(C)C)C1COC1CCC(OCc2ccccc2)CC1. The molecule has 1 heterocycles. The lowest BCUT2D eigenvalue weighted by Crippen LogP contribution is -2.63. The molecule has 2 aliphatic rings. The molecule has 0 bridgehead atoms. The predicted molar refractivity (Wildman–Crippen MR) is 135 cm³/mol. The fourth-order valence-corrected chi connectivity index (χ4v) is 5.07. The first-order valence-electron chi connectivity index (χ1n) is 12.5. The van der Waals surface area contributed by atoms with Crippen LogP contribution in [0.1, 0.15) is 71.3 Å². The van der Waals surface area contributed by atoms with Crippen molar-refractivity contribution in [2.24, 2.45) is 5.73 Å². The summed E-state index contributed by atoms with van der Waals surface area (Å²) in [6, 6.07) is 10.4. The Bertz CT molecular complexity index is 752. The average Bonchev–Trinajstić information content (AvgIpc) is 2.77. The van der Waals surface area contributed by atoms with Gasteiger partial charge in [0.05, 0.1) is 31.5 Å². The third-order valence-corrected chi connectivity index (χ3v) is 6.79. The summed E-state index contributed by atoms with van der Waals surface area (Å²) in [6.45, 7) is 16.5. The molecule has 2 atom stereocenters. The molecule has 2 unspecified atom stereocenters. The largest absolute Gasteiger partial charge is 0.474 e. The van der Waals surface area contributed by atoms with Crippen molar-refractivity contribution in [3.63, 3.8) is 0 Å². The van der Waals surface area contributed by atoms with Gasteiger partial charge in [-0.3, -0.25) is 0 Å². The Morgan fingerprint density at radius 1 is 1.12 bits per heavy atom. The van der Waals surface area contributed by atoms with E-state index in [1.165, 1.54) is 5.56 Å². The van der Waals surface area contributed by atoms with Gasteiger partial charge in [0.1, 0.15) is 5.60 Å². The van der Waals surface area contributed by atoms with Crippen LogP contribution in [0.5, 0.6) is 0 Å². The van der Waals surface area contributed by atoms with Gasteiger partial charge in [0, 0.05) is 12.1 Å². The van der Waals surface area contributed by atoms with Crippen LogP contribution >= 0.6 is 0 Å². The van der Waals surface area contributed by atoms with E-state index in [1.807, 2.05) is 32.9 Å². The highest BCUT2D eigenvalue weighted by molar-refractivity contribution is 5.13. The van der Waals surface area contributed by atoms with E-state index in [0.29, 0.717) is 25.2 Å². The lowest BCUT2D eigenvalue weighted by molar-refractivity contribution is -0.0823. The maximum atomic E-state index is 6.93. The maximum Gasteiger partial charge on any atom is 0.182 e. The van der Waals surface area contributed by atoms with Gasteiger partial charge in [0.25, 0.3) is 0 Å². The number of rotatable bonds is 10. The van der Waals surface area contributed by atoms with Crippen LogP contribution in [-0.2, 0) is 20.8 Å². The molecule has 2 fully saturated rings. The predicted octanol–water partition coefficient (Wildman–Crippen LogP) is 5.56. The van der Waals surface area contributed by atoms with Gasteiger partial charge in [0.15, 0.2) is 5.88 Å². The Hall–Kier alpha value is -1.82. The molecule has 1 aromatic rings. The Labute approximate surface area is 201 Å². The van der Waals surface area contributed by atoms with E-state index in [0.717, 1.165) is 51.5 Å². The van der Waals surface area contributed by atoms with Crippen molar-refractivity contribution in [3.8, 4) is 0 Å². The molecule has 5 nitrogen and oxygen atoms in total. The summed E-state index contributed by atoms with van der Waals surface area (Å²) in [5.74, 6) is 0.688. The molecule has 184 valence electrons. The van der Waals surface area contributed by atoms with Gasteiger partial charge < -0.3 is 24.8 Å². The number of hydrogen-bond donors (Lipinski definition) is 1. The fraction of sp³-hybridized carbons (Fsp3) is 0.643. The molecule has 33 heavy (non-hydrogen) atoms. The molecule has 5 heteroatoms. The van der Waals surface area contributed by atoms with Crippen molar-refractivity contribution >= 4 is 0 Å². The second kappa shape index (κ2) is 11.5. The van der Waals surface area contributed by atoms with Crippen molar-refractivity contribution in [1.29, 1.82) is 0 Å². The highest BCUT2D eigenvalue weighted by Crippen LogP contribution is 2.34. The lowest BCUT2D eigenvalue weighted by atomic mass is 9.79. The molecule has 0 radical (unpaired) electrons. The lowest BCUT2D eigenvalue weighted by Gasteiger charge is -2.50. The molecule has 2 N–H and O–H groups in total. The van der Waals surface area contributed by atoms with Gasteiger partial charge in [-0.25, -0.2) is 0 Å². The fourth-order valence-electron chi connectivity index (χ4n) is 5.07. The zero-order valence-corrected chi connectivity index (χ0v) is 20.9. The van der Waals surface area contributed by atoms with Crippen LogP contribution in [0.2, 0.25) is 0 Å². The average molecular weight is 457 g/mol. The van der Waals surface area contributed by atoms with Gasteiger partial charge in [-0.2, -0.15) is 0 Å². The van der Waals surface area contributed by atoms with Gasteiger partial charge in [-0.15, -0.1) is 6.58 Å². The minimum absolute atomic E-state index is 0.0196. The topological polar surface area (TPSA) is 57.0 Å². The van der Waals surface area contributed by atoms with Crippen LogP contribution in [0.3, 0.4) is 0 Å². The quantitative estimate of drug-likeness (QED) is 0.369. The Morgan fingerprint density at radius 3 is 2.36 bits per heavy atom. The smallest absolute Gasteiger partial charge is 0.182 e. The highest BCUT2D eigenvalue weighted by atomic mass is 16.5. The molecule has 1 aliphatic carbocycles. The highest BCUT2D eigenvalue weighted by Gasteiger charge is 2.43. The summed E-state index contributed by atoms with van der Waals surface area (Å²) >= 11 is 0. The van der Waals surface area contributed by atoms with Crippen LogP contribution < -0.4 is 5.73 Å². The number of likely N-dealkylation sites (tertiary alicyclic amines) is 1. The van der Waals surface area contributed by atoms with Crippen LogP contribution in [0.15, 0.2) is 55.4 Å². The first kappa shape index (κ1) is 25.8. The van der Waals surface area contributed by atoms with E-state index in [9.17, 15) is 0 Å². The van der Waals surface area contributed by atoms with Gasteiger partial charge >= 0.3 is 0 Å². The van der Waals surface area contributed by atoms with Crippen molar-refractivity contribution in [1.82, 2.24) is 4.90 Å². The normalized spacial score (nSPS) is 28.4. The van der Waals surface area contributed by atoms with E-state index in [-0.39, 0.29) is 23.3 Å². The second-order valence-corrected chi connectivity index (χ2v) is 10.7. The van der Waals surface area contributed by atoms with Crippen LogP contribution in [-0.4, -0.2) is 47.4 Å². The zero-order valence-electron chi connectivity index (χ0n) is 20.9. The first-order valence-corrected chi connectivity index (χ1v) is 12.5. The van der Waals surface area contributed by atoms with Gasteiger partial charge in [-0.05, 0) is 77.9 Å². The number of ether oxygens (including phenoxy) is 3. The molecule has 3 rings (SSSR count).